The third-order valence-electron chi connectivity index (χ3n) is 5.59. The van der Waals surface area contributed by atoms with Gasteiger partial charge in [0.1, 0.15) is 0 Å². The number of aromatic nitrogens is 3. The van der Waals surface area contributed by atoms with Crippen molar-refractivity contribution in [1.29, 1.82) is 0 Å². The monoisotopic (exact) mass is 355 g/mol. The third-order valence-corrected chi connectivity index (χ3v) is 5.59. The van der Waals surface area contributed by atoms with E-state index in [0.717, 1.165) is 60.7 Å². The molecule has 1 aliphatic heterocycles. The number of pyridine rings is 1. The van der Waals surface area contributed by atoms with Gasteiger partial charge in [-0.05, 0) is 65.0 Å². The van der Waals surface area contributed by atoms with E-state index in [1.54, 1.807) is 6.20 Å². The molecule has 6 nitrogen and oxygen atoms in total. The maximum Gasteiger partial charge on any atom is 0.254 e. The highest BCUT2D eigenvalue weighted by Crippen LogP contribution is 2.28. The van der Waals surface area contributed by atoms with Crippen LogP contribution in [-0.2, 0) is 0 Å². The van der Waals surface area contributed by atoms with Gasteiger partial charge in [0, 0.05) is 30.9 Å². The lowest BCUT2D eigenvalue weighted by Crippen LogP contribution is -2.45. The molecule has 0 atom stereocenters. The molecule has 1 amide bonds. The van der Waals surface area contributed by atoms with Gasteiger partial charge in [-0.25, -0.2) is 9.67 Å². The first-order valence-electron chi connectivity index (χ1n) is 9.90. The SMILES string of the molecule is Cc1cc(C(=O)N2CCC(NCC3CC3)CC2)c2cnn(C(C)C)c2n1. The number of amides is 1. The number of carbonyl (C=O) groups excluding carboxylic acids is 1. The zero-order valence-corrected chi connectivity index (χ0v) is 16.0. The summed E-state index contributed by atoms with van der Waals surface area (Å²) >= 11 is 0. The number of rotatable bonds is 5. The van der Waals surface area contributed by atoms with E-state index in [9.17, 15) is 4.79 Å². The number of hydrogen-bond donors (Lipinski definition) is 1. The van der Waals surface area contributed by atoms with Crippen molar-refractivity contribution in [2.75, 3.05) is 19.6 Å². The first-order chi connectivity index (χ1) is 12.5. The number of piperidine rings is 1. The molecule has 4 rings (SSSR count). The molecule has 0 bridgehead atoms. The lowest BCUT2D eigenvalue weighted by Gasteiger charge is -2.32. The van der Waals surface area contributed by atoms with Crippen LogP contribution in [0.25, 0.3) is 11.0 Å². The van der Waals surface area contributed by atoms with Crippen LogP contribution in [-0.4, -0.2) is 51.2 Å². The Morgan fingerprint density at radius 1 is 1.27 bits per heavy atom. The summed E-state index contributed by atoms with van der Waals surface area (Å²) < 4.78 is 1.90. The predicted molar refractivity (Wildman–Crippen MR) is 102 cm³/mol. The number of hydrogen-bond acceptors (Lipinski definition) is 4. The summed E-state index contributed by atoms with van der Waals surface area (Å²) in [7, 11) is 0. The average Bonchev–Trinajstić information content (AvgIpc) is 3.36. The Labute approximate surface area is 155 Å². The van der Waals surface area contributed by atoms with Crippen molar-refractivity contribution in [3.05, 3.63) is 23.5 Å². The maximum atomic E-state index is 13.2. The highest BCUT2D eigenvalue weighted by atomic mass is 16.2. The minimum absolute atomic E-state index is 0.115. The van der Waals surface area contributed by atoms with E-state index >= 15 is 0 Å². The molecule has 0 aromatic carbocycles. The summed E-state index contributed by atoms with van der Waals surface area (Å²) in [5.41, 5.74) is 2.41. The van der Waals surface area contributed by atoms with Crippen LogP contribution in [0.1, 0.15) is 61.6 Å². The Morgan fingerprint density at radius 2 is 2.00 bits per heavy atom. The molecule has 6 heteroatoms. The molecule has 0 spiro atoms. The second-order valence-corrected chi connectivity index (χ2v) is 8.15. The van der Waals surface area contributed by atoms with Gasteiger partial charge in [-0.1, -0.05) is 0 Å². The molecule has 1 aliphatic carbocycles. The molecule has 0 unspecified atom stereocenters. The second-order valence-electron chi connectivity index (χ2n) is 8.15. The van der Waals surface area contributed by atoms with Gasteiger partial charge in [-0.3, -0.25) is 4.79 Å². The fourth-order valence-electron chi connectivity index (χ4n) is 3.81. The molecule has 2 aliphatic rings. The van der Waals surface area contributed by atoms with E-state index in [2.05, 4.69) is 29.2 Å². The van der Waals surface area contributed by atoms with E-state index in [0.29, 0.717) is 6.04 Å². The van der Waals surface area contributed by atoms with Crippen LogP contribution in [0.2, 0.25) is 0 Å². The predicted octanol–water partition coefficient (Wildman–Crippen LogP) is 2.92. The van der Waals surface area contributed by atoms with Crippen LogP contribution >= 0.6 is 0 Å². The van der Waals surface area contributed by atoms with E-state index < -0.39 is 0 Å². The van der Waals surface area contributed by atoms with E-state index in [4.69, 9.17) is 0 Å². The molecule has 3 heterocycles. The van der Waals surface area contributed by atoms with Gasteiger partial charge >= 0.3 is 0 Å². The number of fused-ring (bicyclic) bond motifs is 1. The van der Waals surface area contributed by atoms with E-state index in [1.807, 2.05) is 22.6 Å². The molecule has 2 aromatic heterocycles. The van der Waals surface area contributed by atoms with Crippen molar-refractivity contribution in [2.45, 2.75) is 58.5 Å². The maximum absolute atomic E-state index is 13.2. The largest absolute Gasteiger partial charge is 0.339 e. The fraction of sp³-hybridized carbons (Fsp3) is 0.650. The van der Waals surface area contributed by atoms with Gasteiger partial charge in [-0.2, -0.15) is 5.10 Å². The van der Waals surface area contributed by atoms with Crippen molar-refractivity contribution in [3.63, 3.8) is 0 Å². The Balaban J connectivity index is 1.49. The standard InChI is InChI=1S/C20H29N5O/c1-13(2)25-19-18(12-22-25)17(10-14(3)23-19)20(26)24-8-6-16(7-9-24)21-11-15-4-5-15/h10,12-13,15-16,21H,4-9,11H2,1-3H3. The molecule has 1 saturated heterocycles. The van der Waals surface area contributed by atoms with Crippen molar-refractivity contribution in [1.82, 2.24) is 25.0 Å². The van der Waals surface area contributed by atoms with Crippen LogP contribution in [0.5, 0.6) is 0 Å². The highest BCUT2D eigenvalue weighted by molar-refractivity contribution is 6.05. The molecular weight excluding hydrogens is 326 g/mol. The van der Waals surface area contributed by atoms with Crippen molar-refractivity contribution < 1.29 is 4.79 Å². The summed E-state index contributed by atoms with van der Waals surface area (Å²) in [4.78, 5) is 19.8. The molecule has 2 aromatic rings. The Hall–Kier alpha value is -1.95. The highest BCUT2D eigenvalue weighted by Gasteiger charge is 2.27. The molecule has 26 heavy (non-hydrogen) atoms. The van der Waals surface area contributed by atoms with Crippen LogP contribution in [0, 0.1) is 12.8 Å². The normalized spacial score (nSPS) is 18.8. The smallest absolute Gasteiger partial charge is 0.254 e. The van der Waals surface area contributed by atoms with Gasteiger partial charge in [0.2, 0.25) is 0 Å². The number of nitrogens with one attached hydrogen (secondary N) is 1. The quantitative estimate of drug-likeness (QED) is 0.896. The summed E-state index contributed by atoms with van der Waals surface area (Å²) in [6, 6.07) is 2.69. The van der Waals surface area contributed by atoms with Crippen molar-refractivity contribution in [3.8, 4) is 0 Å². The molecule has 140 valence electrons. The van der Waals surface area contributed by atoms with Gasteiger partial charge in [0.05, 0.1) is 17.1 Å². The lowest BCUT2D eigenvalue weighted by molar-refractivity contribution is 0.0707. The number of carbonyl (C=O) groups is 1. The minimum Gasteiger partial charge on any atom is -0.339 e. The molecular formula is C20H29N5O. The number of nitrogens with zero attached hydrogens (tertiary/aromatic N) is 4. The van der Waals surface area contributed by atoms with Gasteiger partial charge in [0.15, 0.2) is 5.65 Å². The zero-order valence-electron chi connectivity index (χ0n) is 16.0. The summed E-state index contributed by atoms with van der Waals surface area (Å²) in [6.45, 7) is 8.90. The Bertz CT molecular complexity index is 800. The molecule has 0 radical (unpaired) electrons. The van der Waals surface area contributed by atoms with Crippen LogP contribution < -0.4 is 5.32 Å². The summed E-state index contributed by atoms with van der Waals surface area (Å²) in [5, 5.41) is 9.00. The van der Waals surface area contributed by atoms with Gasteiger partial charge < -0.3 is 10.2 Å². The number of aryl methyl sites for hydroxylation is 1. The molecule has 1 N–H and O–H groups in total. The second kappa shape index (κ2) is 6.99. The third kappa shape index (κ3) is 3.47. The van der Waals surface area contributed by atoms with Crippen LogP contribution in [0.15, 0.2) is 12.3 Å². The van der Waals surface area contributed by atoms with E-state index in [-0.39, 0.29) is 11.9 Å². The first kappa shape index (κ1) is 17.5. The van der Waals surface area contributed by atoms with Gasteiger partial charge in [-0.15, -0.1) is 0 Å². The number of likely N-dealkylation sites (tertiary alicyclic amines) is 1. The van der Waals surface area contributed by atoms with Crippen molar-refractivity contribution in [2.24, 2.45) is 5.92 Å². The summed E-state index contributed by atoms with van der Waals surface area (Å²) in [5.74, 6) is 1.02. The Kier molecular flexibility index (Phi) is 4.69. The average molecular weight is 355 g/mol. The Morgan fingerprint density at radius 3 is 2.65 bits per heavy atom. The molecule has 1 saturated carbocycles. The molecule has 2 fully saturated rings. The zero-order chi connectivity index (χ0) is 18.3. The summed E-state index contributed by atoms with van der Waals surface area (Å²) in [6.07, 6.45) is 6.63. The minimum atomic E-state index is 0.115. The van der Waals surface area contributed by atoms with Gasteiger partial charge in [0.25, 0.3) is 5.91 Å². The topological polar surface area (TPSA) is 63.1 Å². The van der Waals surface area contributed by atoms with Crippen LogP contribution in [0.4, 0.5) is 0 Å². The fourth-order valence-corrected chi connectivity index (χ4v) is 3.81. The van der Waals surface area contributed by atoms with Crippen LogP contribution in [0.3, 0.4) is 0 Å². The lowest BCUT2D eigenvalue weighted by atomic mass is 10.0. The van der Waals surface area contributed by atoms with E-state index in [1.165, 1.54) is 12.8 Å². The van der Waals surface area contributed by atoms with Crippen molar-refractivity contribution >= 4 is 16.9 Å². The first-order valence-corrected chi connectivity index (χ1v) is 9.90.